The molecule has 0 fully saturated rings. The number of hydrogen-bond donors (Lipinski definition) is 0. The van der Waals surface area contributed by atoms with Crippen LogP contribution in [0.15, 0.2) is 6.07 Å². The molecule has 2 atom stereocenters. The van der Waals surface area contributed by atoms with E-state index in [1.54, 1.807) is 14.0 Å². The largest absolute Gasteiger partial charge is 0.492 e. The summed E-state index contributed by atoms with van der Waals surface area (Å²) in [6, 6.07) is 0.851. The van der Waals surface area contributed by atoms with Gasteiger partial charge in [-0.3, -0.25) is 15.0 Å². The zero-order valence-electron chi connectivity index (χ0n) is 12.3. The second-order valence-electron chi connectivity index (χ2n) is 5.42. The molecule has 1 aromatic rings. The second-order valence-corrected chi connectivity index (χ2v) is 5.42. The Labute approximate surface area is 122 Å². The van der Waals surface area contributed by atoms with Gasteiger partial charge in [-0.2, -0.15) is 0 Å². The fourth-order valence-electron chi connectivity index (χ4n) is 3.19. The number of nitro groups is 1. The van der Waals surface area contributed by atoms with Crippen LogP contribution < -0.4 is 14.2 Å². The summed E-state index contributed by atoms with van der Waals surface area (Å²) in [6.07, 6.45) is 0.805. The molecule has 0 unspecified atom stereocenters. The molecule has 114 valence electrons. The molecule has 0 saturated carbocycles. The van der Waals surface area contributed by atoms with Crippen LogP contribution in [0, 0.1) is 10.1 Å². The van der Waals surface area contributed by atoms with E-state index >= 15 is 0 Å². The molecule has 0 radical (unpaired) electrons. The van der Waals surface area contributed by atoms with E-state index in [1.807, 2.05) is 18.0 Å². The Kier molecular flexibility index (Phi) is 3.36. The summed E-state index contributed by atoms with van der Waals surface area (Å²) in [5.41, 5.74) is 1.88. The molecule has 2 aliphatic rings. The average molecular weight is 294 g/mol. The Morgan fingerprint density at radius 3 is 2.95 bits per heavy atom. The maximum Gasteiger partial charge on any atom is 0.231 e. The standard InChI is InChI=1S/C14H18N2O5/c1-8(16(17)18)12-11-9(4-5-15(12)2)6-10-13(14(11)19-3)21-7-20-10/h6,8,12H,4-5,7H2,1-3H3/t8-,12+/m1/s1. The van der Waals surface area contributed by atoms with E-state index < -0.39 is 6.04 Å². The van der Waals surface area contributed by atoms with Crippen LogP contribution in [0.2, 0.25) is 0 Å². The molecule has 2 heterocycles. The van der Waals surface area contributed by atoms with Gasteiger partial charge in [-0.15, -0.1) is 0 Å². The highest BCUT2D eigenvalue weighted by atomic mass is 16.7. The molecule has 0 spiro atoms. The molecule has 3 rings (SSSR count). The topological polar surface area (TPSA) is 74.1 Å². The van der Waals surface area contributed by atoms with Crippen molar-refractivity contribution >= 4 is 0 Å². The molecule has 1 aromatic carbocycles. The summed E-state index contributed by atoms with van der Waals surface area (Å²) in [6.45, 7) is 2.54. The van der Waals surface area contributed by atoms with Crippen molar-refractivity contribution in [2.24, 2.45) is 0 Å². The van der Waals surface area contributed by atoms with Crippen LogP contribution in [0.1, 0.15) is 24.1 Å². The van der Waals surface area contributed by atoms with Crippen molar-refractivity contribution < 1.29 is 19.1 Å². The van der Waals surface area contributed by atoms with Crippen LogP contribution in [-0.4, -0.2) is 43.4 Å². The third-order valence-electron chi connectivity index (χ3n) is 4.24. The van der Waals surface area contributed by atoms with Crippen molar-refractivity contribution in [3.63, 3.8) is 0 Å². The summed E-state index contributed by atoms with van der Waals surface area (Å²) in [5.74, 6) is 1.76. The summed E-state index contributed by atoms with van der Waals surface area (Å²) >= 11 is 0. The SMILES string of the molecule is COc1c2c(cc3c1[C@H]([C@@H](C)[N+](=O)[O-])N(C)CC3)OCO2. The lowest BCUT2D eigenvalue weighted by Crippen LogP contribution is -2.41. The number of likely N-dealkylation sites (N-methyl/N-ethyl adjacent to an activating group) is 1. The molecule has 7 heteroatoms. The van der Waals surface area contributed by atoms with Crippen LogP contribution in [0.4, 0.5) is 0 Å². The minimum Gasteiger partial charge on any atom is -0.492 e. The minimum absolute atomic E-state index is 0.153. The maximum atomic E-state index is 11.3. The summed E-state index contributed by atoms with van der Waals surface area (Å²) in [4.78, 5) is 13.0. The van der Waals surface area contributed by atoms with Crippen molar-refractivity contribution in [2.75, 3.05) is 27.5 Å². The third-order valence-corrected chi connectivity index (χ3v) is 4.24. The lowest BCUT2D eigenvalue weighted by Gasteiger charge is -2.35. The predicted molar refractivity (Wildman–Crippen MR) is 74.6 cm³/mol. The van der Waals surface area contributed by atoms with Crippen molar-refractivity contribution in [1.82, 2.24) is 4.90 Å². The third kappa shape index (κ3) is 2.08. The molecule has 0 N–H and O–H groups in total. The van der Waals surface area contributed by atoms with Crippen molar-refractivity contribution in [1.29, 1.82) is 0 Å². The normalized spacial score (nSPS) is 21.8. The van der Waals surface area contributed by atoms with Gasteiger partial charge in [0.25, 0.3) is 0 Å². The van der Waals surface area contributed by atoms with Gasteiger partial charge < -0.3 is 14.2 Å². The van der Waals surface area contributed by atoms with Gasteiger partial charge in [0, 0.05) is 24.0 Å². The Morgan fingerprint density at radius 1 is 1.52 bits per heavy atom. The molecule has 0 saturated heterocycles. The number of hydrogen-bond acceptors (Lipinski definition) is 6. The van der Waals surface area contributed by atoms with E-state index in [9.17, 15) is 10.1 Å². The zero-order chi connectivity index (χ0) is 15.1. The highest BCUT2D eigenvalue weighted by molar-refractivity contribution is 5.62. The van der Waals surface area contributed by atoms with Gasteiger partial charge in [0.1, 0.15) is 6.04 Å². The van der Waals surface area contributed by atoms with Crippen LogP contribution in [0.5, 0.6) is 17.2 Å². The smallest absolute Gasteiger partial charge is 0.231 e. The highest BCUT2D eigenvalue weighted by Gasteiger charge is 2.40. The summed E-state index contributed by atoms with van der Waals surface area (Å²) < 4.78 is 16.4. The van der Waals surface area contributed by atoms with E-state index in [1.165, 1.54) is 0 Å². The second kappa shape index (κ2) is 5.07. The Morgan fingerprint density at radius 2 is 2.29 bits per heavy atom. The van der Waals surface area contributed by atoms with Crippen molar-refractivity contribution in [2.45, 2.75) is 25.4 Å². The first-order chi connectivity index (χ1) is 10.0. The summed E-state index contributed by atoms with van der Waals surface area (Å²) in [7, 11) is 3.46. The van der Waals surface area contributed by atoms with Crippen LogP contribution in [-0.2, 0) is 6.42 Å². The van der Waals surface area contributed by atoms with Gasteiger partial charge >= 0.3 is 0 Å². The molecule has 0 aromatic heterocycles. The van der Waals surface area contributed by atoms with E-state index in [-0.39, 0.29) is 17.8 Å². The quantitative estimate of drug-likeness (QED) is 0.623. The zero-order valence-corrected chi connectivity index (χ0v) is 12.3. The molecule has 0 amide bonds. The van der Waals surface area contributed by atoms with Gasteiger partial charge in [0.2, 0.25) is 18.6 Å². The molecular formula is C14H18N2O5. The Hall–Kier alpha value is -2.02. The number of fused-ring (bicyclic) bond motifs is 2. The van der Waals surface area contributed by atoms with Gasteiger partial charge in [-0.05, 0) is 25.1 Å². The van der Waals surface area contributed by atoms with Crippen LogP contribution >= 0.6 is 0 Å². The van der Waals surface area contributed by atoms with Gasteiger partial charge in [-0.1, -0.05) is 0 Å². The predicted octanol–water partition coefficient (Wildman–Crippen LogP) is 1.62. The minimum atomic E-state index is -0.733. The highest BCUT2D eigenvalue weighted by Crippen LogP contribution is 2.50. The molecule has 21 heavy (non-hydrogen) atoms. The summed E-state index contributed by atoms with van der Waals surface area (Å²) in [5, 5.41) is 11.3. The lowest BCUT2D eigenvalue weighted by atomic mass is 9.88. The Bertz CT molecular complexity index is 589. The van der Waals surface area contributed by atoms with Gasteiger partial charge in [0.15, 0.2) is 11.5 Å². The molecule has 7 nitrogen and oxygen atoms in total. The average Bonchev–Trinajstić information content (AvgIpc) is 2.92. The molecule has 0 bridgehead atoms. The molecular weight excluding hydrogens is 276 g/mol. The van der Waals surface area contributed by atoms with E-state index in [0.717, 1.165) is 24.1 Å². The monoisotopic (exact) mass is 294 g/mol. The van der Waals surface area contributed by atoms with E-state index in [0.29, 0.717) is 17.2 Å². The van der Waals surface area contributed by atoms with Gasteiger partial charge in [0.05, 0.1) is 7.11 Å². The first-order valence-corrected chi connectivity index (χ1v) is 6.87. The molecule has 2 aliphatic heterocycles. The van der Waals surface area contributed by atoms with Crippen LogP contribution in [0.25, 0.3) is 0 Å². The fraction of sp³-hybridized carbons (Fsp3) is 0.571. The van der Waals surface area contributed by atoms with Crippen LogP contribution in [0.3, 0.4) is 0 Å². The number of benzene rings is 1. The van der Waals surface area contributed by atoms with Crippen molar-refractivity contribution in [3.8, 4) is 17.2 Å². The van der Waals surface area contributed by atoms with Crippen molar-refractivity contribution in [3.05, 3.63) is 27.3 Å². The number of ether oxygens (including phenoxy) is 3. The molecule has 0 aliphatic carbocycles. The fourth-order valence-corrected chi connectivity index (χ4v) is 3.19. The van der Waals surface area contributed by atoms with E-state index in [4.69, 9.17) is 14.2 Å². The van der Waals surface area contributed by atoms with Gasteiger partial charge in [-0.25, -0.2) is 0 Å². The first-order valence-electron chi connectivity index (χ1n) is 6.87. The lowest BCUT2D eigenvalue weighted by molar-refractivity contribution is -0.527. The number of rotatable bonds is 3. The van der Waals surface area contributed by atoms with E-state index in [2.05, 4.69) is 0 Å². The Balaban J connectivity index is 2.18. The first kappa shape index (κ1) is 13.9. The number of nitrogens with zero attached hydrogens (tertiary/aromatic N) is 2. The maximum absolute atomic E-state index is 11.3. The number of methoxy groups -OCH3 is 1.